The largest absolute Gasteiger partial charge is 0.497 e. The molecule has 0 saturated carbocycles. The summed E-state index contributed by atoms with van der Waals surface area (Å²) in [5.74, 6) is 0.386. The Hall–Kier alpha value is -2.88. The highest BCUT2D eigenvalue weighted by molar-refractivity contribution is 5.82. The van der Waals surface area contributed by atoms with Crippen molar-refractivity contribution in [3.8, 4) is 5.75 Å². The van der Waals surface area contributed by atoms with Crippen LogP contribution in [0.3, 0.4) is 0 Å². The minimum atomic E-state index is -0.429. The quantitative estimate of drug-likeness (QED) is 0.464. The fraction of sp³-hybridized carbons (Fsp3) is 0.111. The van der Waals surface area contributed by atoms with Gasteiger partial charge in [-0.25, -0.2) is 4.79 Å². The van der Waals surface area contributed by atoms with Crippen molar-refractivity contribution in [1.82, 2.24) is 0 Å². The van der Waals surface area contributed by atoms with E-state index in [0.29, 0.717) is 0 Å². The highest BCUT2D eigenvalue weighted by Gasteiger charge is 1.98. The Balaban J connectivity index is 1.96. The van der Waals surface area contributed by atoms with E-state index in [1.165, 1.54) is 0 Å². The second kappa shape index (κ2) is 7.78. The van der Waals surface area contributed by atoms with Crippen molar-refractivity contribution in [2.45, 2.75) is 6.61 Å². The molecule has 22 heavy (non-hydrogen) atoms. The molecule has 4 heteroatoms. The molecule has 2 rings (SSSR count). The summed E-state index contributed by atoms with van der Waals surface area (Å²) in [6.07, 6.45) is 2.93. The minimum absolute atomic E-state index is 0.229. The van der Waals surface area contributed by atoms with Crippen LogP contribution < -0.4 is 4.74 Å². The van der Waals surface area contributed by atoms with Crippen LogP contribution in [0.25, 0.3) is 0 Å². The highest BCUT2D eigenvalue weighted by Crippen LogP contribution is 2.15. The molecule has 0 aromatic heterocycles. The Kier molecular flexibility index (Phi) is 5.49. The van der Waals surface area contributed by atoms with Gasteiger partial charge in [-0.15, -0.1) is 0 Å². The third kappa shape index (κ3) is 4.59. The summed E-state index contributed by atoms with van der Waals surface area (Å²) >= 11 is 0. The molecule has 112 valence electrons. The summed E-state index contributed by atoms with van der Waals surface area (Å²) in [7, 11) is 1.64. The number of hydrogen-bond acceptors (Lipinski definition) is 4. The van der Waals surface area contributed by atoms with E-state index < -0.39 is 5.97 Å². The Bertz CT molecular complexity index is 658. The number of aliphatic imine (C=N–C) groups is 1. The van der Waals surface area contributed by atoms with Crippen LogP contribution in [-0.4, -0.2) is 19.3 Å². The number of methoxy groups -OCH3 is 1. The van der Waals surface area contributed by atoms with Gasteiger partial charge in [0.25, 0.3) is 0 Å². The summed E-state index contributed by atoms with van der Waals surface area (Å²) in [5.41, 5.74) is 2.72. The molecule has 0 unspecified atom stereocenters. The SMILES string of the molecule is C=CC(=O)OCc1ccc(N=Cc2ccc(OC)cc2)cc1. The van der Waals surface area contributed by atoms with E-state index >= 15 is 0 Å². The van der Waals surface area contributed by atoms with Gasteiger partial charge in [0.2, 0.25) is 0 Å². The molecule has 4 nitrogen and oxygen atoms in total. The zero-order valence-corrected chi connectivity index (χ0v) is 12.4. The maximum atomic E-state index is 11.0. The van der Waals surface area contributed by atoms with E-state index in [9.17, 15) is 4.79 Å². The number of carbonyl (C=O) groups is 1. The zero-order valence-electron chi connectivity index (χ0n) is 12.4. The molecule has 0 N–H and O–H groups in total. The fourth-order valence-corrected chi connectivity index (χ4v) is 1.73. The lowest BCUT2D eigenvalue weighted by Gasteiger charge is -2.02. The Morgan fingerprint density at radius 1 is 1.14 bits per heavy atom. The number of carbonyl (C=O) groups excluding carboxylic acids is 1. The summed E-state index contributed by atoms with van der Waals surface area (Å²) < 4.78 is 10.1. The Morgan fingerprint density at radius 2 is 1.82 bits per heavy atom. The molecule has 2 aromatic carbocycles. The molecule has 0 saturated heterocycles. The molecular formula is C18H17NO3. The van der Waals surface area contributed by atoms with Gasteiger partial charge in [-0.05, 0) is 47.5 Å². The molecule has 0 atom stereocenters. The number of hydrogen-bond donors (Lipinski definition) is 0. The lowest BCUT2D eigenvalue weighted by molar-refractivity contribution is -0.138. The lowest BCUT2D eigenvalue weighted by Crippen LogP contribution is -1.99. The molecule has 2 aromatic rings. The average Bonchev–Trinajstić information content (AvgIpc) is 2.59. The van der Waals surface area contributed by atoms with Crippen molar-refractivity contribution >= 4 is 17.9 Å². The van der Waals surface area contributed by atoms with Gasteiger partial charge in [-0.3, -0.25) is 4.99 Å². The molecule has 0 bridgehead atoms. The first kappa shape index (κ1) is 15.5. The van der Waals surface area contributed by atoms with Crippen LogP contribution in [0.15, 0.2) is 66.2 Å². The second-order valence-electron chi connectivity index (χ2n) is 4.51. The summed E-state index contributed by atoms with van der Waals surface area (Å²) in [6.45, 7) is 3.58. The van der Waals surface area contributed by atoms with Crippen LogP contribution in [0.2, 0.25) is 0 Å². The monoisotopic (exact) mass is 295 g/mol. The maximum absolute atomic E-state index is 11.0. The predicted molar refractivity (Wildman–Crippen MR) is 86.7 cm³/mol. The van der Waals surface area contributed by atoms with Gasteiger partial charge in [-0.2, -0.15) is 0 Å². The molecule has 0 aliphatic rings. The van der Waals surface area contributed by atoms with Crippen LogP contribution in [0.4, 0.5) is 5.69 Å². The Morgan fingerprint density at radius 3 is 2.41 bits per heavy atom. The lowest BCUT2D eigenvalue weighted by atomic mass is 10.2. The minimum Gasteiger partial charge on any atom is -0.497 e. The number of rotatable bonds is 6. The van der Waals surface area contributed by atoms with Crippen LogP contribution >= 0.6 is 0 Å². The summed E-state index contributed by atoms with van der Waals surface area (Å²) in [6, 6.07) is 15.1. The summed E-state index contributed by atoms with van der Waals surface area (Å²) in [5, 5.41) is 0. The van der Waals surface area contributed by atoms with E-state index in [1.54, 1.807) is 13.3 Å². The van der Waals surface area contributed by atoms with Crippen molar-refractivity contribution in [3.05, 3.63) is 72.3 Å². The second-order valence-corrected chi connectivity index (χ2v) is 4.51. The molecular weight excluding hydrogens is 278 g/mol. The predicted octanol–water partition coefficient (Wildman–Crippen LogP) is 3.68. The van der Waals surface area contributed by atoms with Gasteiger partial charge in [0.05, 0.1) is 12.8 Å². The third-order valence-corrected chi connectivity index (χ3v) is 2.96. The van der Waals surface area contributed by atoms with E-state index in [0.717, 1.165) is 28.6 Å². The fourth-order valence-electron chi connectivity index (χ4n) is 1.73. The first-order valence-corrected chi connectivity index (χ1v) is 6.77. The van der Waals surface area contributed by atoms with Gasteiger partial charge in [-0.1, -0.05) is 18.7 Å². The Labute approximate surface area is 129 Å². The number of benzene rings is 2. The van der Waals surface area contributed by atoms with Crippen molar-refractivity contribution in [2.75, 3.05) is 7.11 Å². The van der Waals surface area contributed by atoms with Gasteiger partial charge < -0.3 is 9.47 Å². The van der Waals surface area contributed by atoms with E-state index in [-0.39, 0.29) is 6.61 Å². The van der Waals surface area contributed by atoms with Crippen LogP contribution in [-0.2, 0) is 16.1 Å². The molecule has 0 aliphatic heterocycles. The number of esters is 1. The van der Waals surface area contributed by atoms with E-state index in [1.807, 2.05) is 48.5 Å². The first-order chi connectivity index (χ1) is 10.7. The van der Waals surface area contributed by atoms with Crippen LogP contribution in [0.5, 0.6) is 5.75 Å². The van der Waals surface area contributed by atoms with E-state index in [4.69, 9.17) is 9.47 Å². The average molecular weight is 295 g/mol. The molecule has 0 fully saturated rings. The standard InChI is InChI=1S/C18H17NO3/c1-3-18(20)22-13-15-4-8-16(9-5-15)19-12-14-6-10-17(21-2)11-7-14/h3-12H,1,13H2,2H3. The molecule has 0 aliphatic carbocycles. The van der Waals surface area contributed by atoms with Gasteiger partial charge >= 0.3 is 5.97 Å². The van der Waals surface area contributed by atoms with Crippen molar-refractivity contribution < 1.29 is 14.3 Å². The van der Waals surface area contributed by atoms with Gasteiger partial charge in [0, 0.05) is 12.3 Å². The van der Waals surface area contributed by atoms with E-state index in [2.05, 4.69) is 11.6 Å². The smallest absolute Gasteiger partial charge is 0.330 e. The summed E-state index contributed by atoms with van der Waals surface area (Å²) in [4.78, 5) is 15.4. The van der Waals surface area contributed by atoms with Crippen molar-refractivity contribution in [1.29, 1.82) is 0 Å². The van der Waals surface area contributed by atoms with Crippen molar-refractivity contribution in [3.63, 3.8) is 0 Å². The molecule has 0 spiro atoms. The van der Waals surface area contributed by atoms with Crippen molar-refractivity contribution in [2.24, 2.45) is 4.99 Å². The zero-order chi connectivity index (χ0) is 15.8. The maximum Gasteiger partial charge on any atom is 0.330 e. The molecule has 0 amide bonds. The molecule has 0 radical (unpaired) electrons. The van der Waals surface area contributed by atoms with Gasteiger partial charge in [0.1, 0.15) is 12.4 Å². The van der Waals surface area contributed by atoms with Crippen LogP contribution in [0.1, 0.15) is 11.1 Å². The molecule has 0 heterocycles. The van der Waals surface area contributed by atoms with Gasteiger partial charge in [0.15, 0.2) is 0 Å². The third-order valence-electron chi connectivity index (χ3n) is 2.96. The topological polar surface area (TPSA) is 47.9 Å². The van der Waals surface area contributed by atoms with Crippen LogP contribution in [0, 0.1) is 0 Å². The number of ether oxygens (including phenoxy) is 2. The highest BCUT2D eigenvalue weighted by atomic mass is 16.5. The first-order valence-electron chi connectivity index (χ1n) is 6.77. The normalized spacial score (nSPS) is 10.4. The number of nitrogens with zero attached hydrogens (tertiary/aromatic N) is 1.